The number of carbonyl (C=O) groups excluding carboxylic acids is 2. The third-order valence-electron chi connectivity index (χ3n) is 5.07. The number of phenols is 1. The Balaban J connectivity index is 2.10. The molecule has 2 aromatic carbocycles. The van der Waals surface area contributed by atoms with E-state index in [2.05, 4.69) is 17.2 Å². The second-order valence-electron chi connectivity index (χ2n) is 7.01. The maximum absolute atomic E-state index is 12.8. The van der Waals surface area contributed by atoms with Gasteiger partial charge in [0.2, 0.25) is 5.91 Å². The van der Waals surface area contributed by atoms with E-state index in [0.717, 1.165) is 12.8 Å². The summed E-state index contributed by atoms with van der Waals surface area (Å²) >= 11 is 5.92. The lowest BCUT2D eigenvalue weighted by Gasteiger charge is -2.32. The molecule has 6 heteroatoms. The zero-order valence-corrected chi connectivity index (χ0v) is 17.6. The number of nitrogens with one attached hydrogen (secondary N) is 2. The molecule has 0 aliphatic rings. The second-order valence-corrected chi connectivity index (χ2v) is 7.45. The minimum Gasteiger partial charge on any atom is -0.508 e. The number of carbonyl (C=O) groups is 2. The summed E-state index contributed by atoms with van der Waals surface area (Å²) in [4.78, 5) is 25.1. The first-order valence-corrected chi connectivity index (χ1v) is 10.0. The molecule has 0 aliphatic heterocycles. The molecule has 2 amide bonds. The van der Waals surface area contributed by atoms with Crippen molar-refractivity contribution in [3.05, 3.63) is 71.3 Å². The Labute approximate surface area is 176 Å². The van der Waals surface area contributed by atoms with Crippen LogP contribution in [0.2, 0.25) is 5.02 Å². The van der Waals surface area contributed by atoms with E-state index in [4.69, 9.17) is 11.6 Å². The van der Waals surface area contributed by atoms with Crippen molar-refractivity contribution in [2.45, 2.75) is 45.1 Å². The zero-order chi connectivity index (χ0) is 21.4. The monoisotopic (exact) mass is 414 g/mol. The Kier molecular flexibility index (Phi) is 7.85. The molecule has 0 heterocycles. The van der Waals surface area contributed by atoms with Crippen molar-refractivity contribution >= 4 is 29.1 Å². The molecule has 2 rings (SSSR count). The molecule has 0 fully saturated rings. The summed E-state index contributed by atoms with van der Waals surface area (Å²) in [5.41, 5.74) is 1.07. The maximum atomic E-state index is 12.8. The van der Waals surface area contributed by atoms with E-state index in [1.54, 1.807) is 36.4 Å². The predicted octanol–water partition coefficient (Wildman–Crippen LogP) is 5.09. The van der Waals surface area contributed by atoms with Gasteiger partial charge < -0.3 is 15.7 Å². The largest absolute Gasteiger partial charge is 0.508 e. The normalized spacial score (nSPS) is 11.0. The highest BCUT2D eigenvalue weighted by molar-refractivity contribution is 6.30. The number of hydrogen-bond acceptors (Lipinski definition) is 3. The number of aromatic hydroxyl groups is 1. The van der Waals surface area contributed by atoms with Gasteiger partial charge in [-0.15, -0.1) is 6.58 Å². The number of rotatable bonds is 9. The Morgan fingerprint density at radius 3 is 2.55 bits per heavy atom. The second kappa shape index (κ2) is 10.1. The van der Waals surface area contributed by atoms with Crippen LogP contribution in [0.15, 0.2) is 55.1 Å². The van der Waals surface area contributed by atoms with Gasteiger partial charge in [-0.2, -0.15) is 0 Å². The van der Waals surface area contributed by atoms with Gasteiger partial charge in [0, 0.05) is 27.4 Å². The Hall–Kier alpha value is -2.79. The van der Waals surface area contributed by atoms with Gasteiger partial charge in [-0.25, -0.2) is 0 Å². The number of anilines is 1. The summed E-state index contributed by atoms with van der Waals surface area (Å²) in [6.07, 6.45) is 4.05. The van der Waals surface area contributed by atoms with Crippen molar-refractivity contribution in [2.75, 3.05) is 5.32 Å². The molecule has 0 unspecified atom stereocenters. The molecule has 0 aliphatic carbocycles. The Morgan fingerprint density at radius 2 is 1.90 bits per heavy atom. The zero-order valence-electron chi connectivity index (χ0n) is 16.8. The summed E-state index contributed by atoms with van der Waals surface area (Å²) < 4.78 is 0. The minimum absolute atomic E-state index is 0.00960. The number of hydrogen-bond donors (Lipinski definition) is 3. The van der Waals surface area contributed by atoms with Crippen LogP contribution in [0.3, 0.4) is 0 Å². The van der Waals surface area contributed by atoms with Crippen LogP contribution >= 0.6 is 11.6 Å². The highest BCUT2D eigenvalue weighted by Crippen LogP contribution is 2.23. The van der Waals surface area contributed by atoms with Crippen molar-refractivity contribution in [2.24, 2.45) is 0 Å². The highest BCUT2D eigenvalue weighted by atomic mass is 35.5. The predicted molar refractivity (Wildman–Crippen MR) is 117 cm³/mol. The number of halogens is 1. The first-order valence-electron chi connectivity index (χ1n) is 9.63. The third kappa shape index (κ3) is 6.09. The third-order valence-corrected chi connectivity index (χ3v) is 5.30. The minimum atomic E-state index is -0.331. The Morgan fingerprint density at radius 1 is 1.17 bits per heavy atom. The lowest BCUT2D eigenvalue weighted by atomic mass is 9.88. The lowest BCUT2D eigenvalue weighted by molar-refractivity contribution is -0.115. The first kappa shape index (κ1) is 22.5. The van der Waals surface area contributed by atoms with Crippen molar-refractivity contribution in [3.63, 3.8) is 0 Å². The van der Waals surface area contributed by atoms with Crippen molar-refractivity contribution in [1.82, 2.24) is 5.32 Å². The standard InChI is InChI=1S/C23H27ClN2O3/c1-4-12-23(5-2,6-3)26-22(29)16-8-7-9-19(14-16)25-21(28)15-17-13-18(24)10-11-20(17)27/h4,7-11,13-14,27H,1,5-6,12,15H2,2-3H3,(H,25,28)(H,26,29). The van der Waals surface area contributed by atoms with Gasteiger partial charge in [-0.3, -0.25) is 9.59 Å². The average Bonchev–Trinajstić information content (AvgIpc) is 2.70. The Bertz CT molecular complexity index is 891. The van der Waals surface area contributed by atoms with Crippen molar-refractivity contribution in [3.8, 4) is 5.75 Å². The van der Waals surface area contributed by atoms with Gasteiger partial charge in [-0.05, 0) is 55.7 Å². The van der Waals surface area contributed by atoms with E-state index in [1.165, 1.54) is 6.07 Å². The fraction of sp³-hybridized carbons (Fsp3) is 0.304. The molecule has 0 radical (unpaired) electrons. The maximum Gasteiger partial charge on any atom is 0.251 e. The van der Waals surface area contributed by atoms with Crippen LogP contribution in [0.25, 0.3) is 0 Å². The molecular formula is C23H27ClN2O3. The molecule has 3 N–H and O–H groups in total. The van der Waals surface area contributed by atoms with Crippen LogP contribution in [0.4, 0.5) is 5.69 Å². The fourth-order valence-electron chi connectivity index (χ4n) is 3.17. The number of amides is 2. The van der Waals surface area contributed by atoms with Crippen LogP contribution in [-0.4, -0.2) is 22.5 Å². The van der Waals surface area contributed by atoms with E-state index in [0.29, 0.717) is 28.3 Å². The van der Waals surface area contributed by atoms with Crippen LogP contribution in [-0.2, 0) is 11.2 Å². The lowest BCUT2D eigenvalue weighted by Crippen LogP contribution is -2.47. The summed E-state index contributed by atoms with van der Waals surface area (Å²) in [5.74, 6) is -0.502. The summed E-state index contributed by atoms with van der Waals surface area (Å²) in [6.45, 7) is 7.86. The molecule has 154 valence electrons. The molecule has 5 nitrogen and oxygen atoms in total. The fourth-order valence-corrected chi connectivity index (χ4v) is 3.36. The molecule has 0 spiro atoms. The van der Waals surface area contributed by atoms with Gasteiger partial charge in [0.15, 0.2) is 0 Å². The average molecular weight is 415 g/mol. The van der Waals surface area contributed by atoms with Crippen LogP contribution in [0, 0.1) is 0 Å². The molecule has 29 heavy (non-hydrogen) atoms. The quantitative estimate of drug-likeness (QED) is 0.500. The molecule has 0 bridgehead atoms. The molecule has 0 saturated carbocycles. The SMILES string of the molecule is C=CCC(CC)(CC)NC(=O)c1cccc(NC(=O)Cc2cc(Cl)ccc2O)c1. The van der Waals surface area contributed by atoms with Crippen LogP contribution < -0.4 is 10.6 Å². The number of phenolic OH excluding ortho intramolecular Hbond substituents is 1. The topological polar surface area (TPSA) is 78.4 Å². The first-order chi connectivity index (χ1) is 13.8. The van der Waals surface area contributed by atoms with E-state index in [1.807, 2.05) is 19.9 Å². The van der Waals surface area contributed by atoms with E-state index in [-0.39, 0.29) is 29.5 Å². The van der Waals surface area contributed by atoms with Gasteiger partial charge in [0.05, 0.1) is 6.42 Å². The van der Waals surface area contributed by atoms with Gasteiger partial charge in [0.25, 0.3) is 5.91 Å². The van der Waals surface area contributed by atoms with Crippen LogP contribution in [0.1, 0.15) is 49.0 Å². The van der Waals surface area contributed by atoms with Gasteiger partial charge >= 0.3 is 0 Å². The van der Waals surface area contributed by atoms with Gasteiger partial charge in [-0.1, -0.05) is 37.6 Å². The molecule has 2 aromatic rings. The summed E-state index contributed by atoms with van der Waals surface area (Å²) in [7, 11) is 0. The van der Waals surface area contributed by atoms with Gasteiger partial charge in [0.1, 0.15) is 5.75 Å². The molecular weight excluding hydrogens is 388 g/mol. The highest BCUT2D eigenvalue weighted by Gasteiger charge is 2.27. The van der Waals surface area contributed by atoms with Crippen molar-refractivity contribution < 1.29 is 14.7 Å². The van der Waals surface area contributed by atoms with Crippen LogP contribution in [0.5, 0.6) is 5.75 Å². The molecule has 0 atom stereocenters. The molecule has 0 aromatic heterocycles. The molecule has 0 saturated heterocycles. The summed E-state index contributed by atoms with van der Waals surface area (Å²) in [5, 5.41) is 16.2. The van der Waals surface area contributed by atoms with E-state index >= 15 is 0 Å². The van der Waals surface area contributed by atoms with E-state index in [9.17, 15) is 14.7 Å². The van der Waals surface area contributed by atoms with E-state index < -0.39 is 0 Å². The summed E-state index contributed by atoms with van der Waals surface area (Å²) in [6, 6.07) is 11.3. The smallest absolute Gasteiger partial charge is 0.251 e. The van der Waals surface area contributed by atoms with Crippen molar-refractivity contribution in [1.29, 1.82) is 0 Å². The number of benzene rings is 2.